The van der Waals surface area contributed by atoms with E-state index in [0.717, 1.165) is 28.2 Å². The molecule has 2 aromatic carbocycles. The van der Waals surface area contributed by atoms with Crippen LogP contribution in [0.15, 0.2) is 47.1 Å². The summed E-state index contributed by atoms with van der Waals surface area (Å²) < 4.78 is 0. The van der Waals surface area contributed by atoms with Gasteiger partial charge in [-0.3, -0.25) is 4.99 Å². The molecule has 0 spiro atoms. The third kappa shape index (κ3) is 5.57. The molecule has 3 nitrogen and oxygen atoms in total. The van der Waals surface area contributed by atoms with Gasteiger partial charge in [-0.25, -0.2) is 0 Å². The van der Waals surface area contributed by atoms with Crippen molar-refractivity contribution in [3.63, 3.8) is 0 Å². The molecule has 152 valence electrons. The Kier molecular flexibility index (Phi) is 7.40. The van der Waals surface area contributed by atoms with Gasteiger partial charge in [-0.1, -0.05) is 45.9 Å². The van der Waals surface area contributed by atoms with Gasteiger partial charge in [-0.2, -0.15) is 5.26 Å². The number of nitrogens with zero attached hydrogens (tertiary/aromatic N) is 2. The fourth-order valence-electron chi connectivity index (χ4n) is 3.65. The van der Waals surface area contributed by atoms with Gasteiger partial charge in [-0.15, -0.1) is 0 Å². The summed E-state index contributed by atoms with van der Waals surface area (Å²) in [5.74, 6) is 0.894. The zero-order valence-corrected chi connectivity index (χ0v) is 19.0. The molecule has 3 heteroatoms. The Labute approximate surface area is 176 Å². The Morgan fingerprint density at radius 3 is 1.97 bits per heavy atom. The lowest BCUT2D eigenvalue weighted by Gasteiger charge is -2.21. The van der Waals surface area contributed by atoms with Crippen molar-refractivity contribution in [3.05, 3.63) is 69.9 Å². The van der Waals surface area contributed by atoms with Crippen molar-refractivity contribution in [1.82, 2.24) is 0 Å². The number of allylic oxidation sites excluding steroid dienone is 2. The van der Waals surface area contributed by atoms with E-state index in [-0.39, 0.29) is 0 Å². The molecule has 2 rings (SSSR count). The molecule has 0 radical (unpaired) electrons. The van der Waals surface area contributed by atoms with E-state index in [1.807, 2.05) is 32.9 Å². The molecule has 0 amide bonds. The van der Waals surface area contributed by atoms with Crippen LogP contribution in [-0.2, 0) is 0 Å². The first-order valence-electron chi connectivity index (χ1n) is 10.3. The molecule has 0 bridgehead atoms. The first kappa shape index (κ1) is 22.4. The third-order valence-corrected chi connectivity index (χ3v) is 5.03. The first-order chi connectivity index (χ1) is 13.6. The van der Waals surface area contributed by atoms with Crippen LogP contribution < -0.4 is 5.32 Å². The molecular formula is C26H33N3. The molecule has 0 fully saturated rings. The van der Waals surface area contributed by atoms with Crippen LogP contribution in [0.1, 0.15) is 81.2 Å². The lowest BCUT2D eigenvalue weighted by Crippen LogP contribution is -2.07. The average Bonchev–Trinajstić information content (AvgIpc) is 2.64. The molecule has 0 atom stereocenters. The molecular weight excluding hydrogens is 354 g/mol. The van der Waals surface area contributed by atoms with Gasteiger partial charge in [0, 0.05) is 17.1 Å². The summed E-state index contributed by atoms with van der Waals surface area (Å²) in [4.78, 5) is 4.82. The van der Waals surface area contributed by atoms with Gasteiger partial charge < -0.3 is 5.32 Å². The van der Waals surface area contributed by atoms with Gasteiger partial charge in [0.2, 0.25) is 0 Å². The number of aliphatic imine (C=N–C) groups is 1. The second-order valence-corrected chi connectivity index (χ2v) is 8.40. The standard InChI is InChI=1S/C26H33N3/c1-16(2)23-10-9-11-24(17(3)4)26(23)29-21(8)14-20(7)28-25-18(5)12-22(15-27)13-19(25)6/h9-14,16-17,29H,1-8H3. The summed E-state index contributed by atoms with van der Waals surface area (Å²) in [6, 6.07) is 12.5. The van der Waals surface area contributed by atoms with E-state index in [1.165, 1.54) is 16.8 Å². The molecule has 0 aliphatic heterocycles. The highest BCUT2D eigenvalue weighted by atomic mass is 14.9. The van der Waals surface area contributed by atoms with Crippen LogP contribution in [0.2, 0.25) is 0 Å². The lowest BCUT2D eigenvalue weighted by atomic mass is 9.92. The van der Waals surface area contributed by atoms with Crippen LogP contribution in [0.5, 0.6) is 0 Å². The predicted octanol–water partition coefficient (Wildman–Crippen LogP) is 7.53. The van der Waals surface area contributed by atoms with Crippen LogP contribution in [0.25, 0.3) is 0 Å². The van der Waals surface area contributed by atoms with Gasteiger partial charge in [0.1, 0.15) is 0 Å². The Bertz CT molecular complexity index is 936. The van der Waals surface area contributed by atoms with Crippen LogP contribution in [0.3, 0.4) is 0 Å². The number of nitriles is 1. The van der Waals surface area contributed by atoms with Crippen molar-refractivity contribution in [2.75, 3.05) is 5.32 Å². The van der Waals surface area contributed by atoms with E-state index in [0.29, 0.717) is 17.4 Å². The Balaban J connectivity index is 2.38. The van der Waals surface area contributed by atoms with Crippen molar-refractivity contribution in [1.29, 1.82) is 5.26 Å². The van der Waals surface area contributed by atoms with Gasteiger partial charge in [0.05, 0.1) is 17.3 Å². The van der Waals surface area contributed by atoms with E-state index in [9.17, 15) is 0 Å². The topological polar surface area (TPSA) is 48.2 Å². The quantitative estimate of drug-likeness (QED) is 0.521. The Morgan fingerprint density at radius 1 is 1.00 bits per heavy atom. The minimum Gasteiger partial charge on any atom is -0.359 e. The molecule has 0 aliphatic carbocycles. The van der Waals surface area contributed by atoms with Crippen molar-refractivity contribution >= 4 is 17.1 Å². The highest BCUT2D eigenvalue weighted by molar-refractivity contribution is 5.96. The lowest BCUT2D eigenvalue weighted by molar-refractivity contribution is 0.837. The molecule has 0 unspecified atom stereocenters. The molecule has 0 aliphatic rings. The van der Waals surface area contributed by atoms with E-state index < -0.39 is 0 Å². The zero-order valence-electron chi connectivity index (χ0n) is 19.0. The number of benzene rings is 2. The average molecular weight is 388 g/mol. The largest absolute Gasteiger partial charge is 0.359 e. The molecule has 0 heterocycles. The second-order valence-electron chi connectivity index (χ2n) is 8.40. The molecule has 2 aromatic rings. The minimum atomic E-state index is 0.447. The molecule has 29 heavy (non-hydrogen) atoms. The van der Waals surface area contributed by atoms with Gasteiger partial charge in [0.25, 0.3) is 0 Å². The minimum absolute atomic E-state index is 0.447. The number of hydrogen-bond acceptors (Lipinski definition) is 3. The Hall–Kier alpha value is -2.86. The van der Waals surface area contributed by atoms with Crippen LogP contribution in [-0.4, -0.2) is 5.71 Å². The van der Waals surface area contributed by atoms with E-state index in [2.05, 4.69) is 70.3 Å². The van der Waals surface area contributed by atoms with Crippen molar-refractivity contribution in [2.45, 2.75) is 67.2 Å². The summed E-state index contributed by atoms with van der Waals surface area (Å²) in [5, 5.41) is 12.8. The number of nitrogens with one attached hydrogen (secondary N) is 1. The number of hydrogen-bond donors (Lipinski definition) is 1. The number of anilines is 1. The SMILES string of the molecule is CC(=CC(C)=Nc1c(C)cc(C#N)cc1C)Nc1c(C(C)C)cccc1C(C)C. The van der Waals surface area contributed by atoms with Gasteiger partial charge in [-0.05, 0) is 80.0 Å². The van der Waals surface area contributed by atoms with E-state index in [1.54, 1.807) is 0 Å². The highest BCUT2D eigenvalue weighted by Crippen LogP contribution is 2.33. The summed E-state index contributed by atoms with van der Waals surface area (Å²) in [6.07, 6.45) is 2.08. The monoisotopic (exact) mass is 387 g/mol. The third-order valence-electron chi connectivity index (χ3n) is 5.03. The molecule has 1 N–H and O–H groups in total. The fraction of sp³-hybridized carbons (Fsp3) is 0.385. The predicted molar refractivity (Wildman–Crippen MR) is 125 cm³/mol. The van der Waals surface area contributed by atoms with Crippen molar-refractivity contribution < 1.29 is 0 Å². The van der Waals surface area contributed by atoms with Gasteiger partial charge in [0.15, 0.2) is 0 Å². The normalized spacial score (nSPS) is 12.4. The summed E-state index contributed by atoms with van der Waals surface area (Å²) in [7, 11) is 0. The van der Waals surface area contributed by atoms with Crippen molar-refractivity contribution in [2.24, 2.45) is 4.99 Å². The molecule has 0 saturated carbocycles. The molecule has 0 aromatic heterocycles. The van der Waals surface area contributed by atoms with E-state index in [4.69, 9.17) is 10.3 Å². The highest BCUT2D eigenvalue weighted by Gasteiger charge is 2.13. The summed E-state index contributed by atoms with van der Waals surface area (Å²) in [6.45, 7) is 17.0. The second kappa shape index (κ2) is 9.56. The van der Waals surface area contributed by atoms with Gasteiger partial charge >= 0.3 is 0 Å². The number of rotatable bonds is 6. The van der Waals surface area contributed by atoms with E-state index >= 15 is 0 Å². The first-order valence-corrected chi connectivity index (χ1v) is 10.3. The van der Waals surface area contributed by atoms with Crippen LogP contribution in [0.4, 0.5) is 11.4 Å². The Morgan fingerprint density at radius 2 is 1.52 bits per heavy atom. The maximum atomic E-state index is 9.14. The fourth-order valence-corrected chi connectivity index (χ4v) is 3.65. The van der Waals surface area contributed by atoms with Crippen LogP contribution >= 0.6 is 0 Å². The smallest absolute Gasteiger partial charge is 0.0991 e. The number of aryl methyl sites for hydroxylation is 2. The van der Waals surface area contributed by atoms with Crippen molar-refractivity contribution in [3.8, 4) is 6.07 Å². The maximum Gasteiger partial charge on any atom is 0.0991 e. The summed E-state index contributed by atoms with van der Waals surface area (Å²) >= 11 is 0. The maximum absolute atomic E-state index is 9.14. The molecule has 0 saturated heterocycles. The zero-order chi connectivity index (χ0) is 21.7. The van der Waals surface area contributed by atoms with Crippen LogP contribution in [0, 0.1) is 25.2 Å². The number of para-hydroxylation sites is 1. The summed E-state index contributed by atoms with van der Waals surface area (Å²) in [5.41, 5.74) is 9.52.